The lowest BCUT2D eigenvalue weighted by atomic mass is 10.1. The molecule has 7 nitrogen and oxygen atoms in total. The Bertz CT molecular complexity index is 1240. The van der Waals surface area contributed by atoms with Crippen LogP contribution in [-0.4, -0.2) is 44.7 Å². The van der Waals surface area contributed by atoms with E-state index in [-0.39, 0.29) is 11.7 Å². The summed E-state index contributed by atoms with van der Waals surface area (Å²) in [5.74, 6) is 2.04. The molecule has 2 aromatic carbocycles. The third-order valence-corrected chi connectivity index (χ3v) is 6.46. The highest BCUT2D eigenvalue weighted by Gasteiger charge is 2.20. The van der Waals surface area contributed by atoms with Crippen LogP contribution in [0.5, 0.6) is 5.75 Å². The fourth-order valence-corrected chi connectivity index (χ4v) is 4.85. The molecule has 1 saturated heterocycles. The van der Waals surface area contributed by atoms with Crippen molar-refractivity contribution in [3.63, 3.8) is 0 Å². The number of aromatic nitrogens is 4. The summed E-state index contributed by atoms with van der Waals surface area (Å²) in [6, 6.07) is 15.0. The number of hydrogen-bond acceptors (Lipinski definition) is 6. The predicted molar refractivity (Wildman–Crippen MR) is 117 cm³/mol. The predicted octanol–water partition coefficient (Wildman–Crippen LogP) is 3.70. The molecule has 0 bridgehead atoms. The van der Waals surface area contributed by atoms with Gasteiger partial charge in [0.15, 0.2) is 5.16 Å². The second kappa shape index (κ2) is 8.12. The van der Waals surface area contributed by atoms with Crippen molar-refractivity contribution in [3.05, 3.63) is 58.9 Å². The van der Waals surface area contributed by atoms with Gasteiger partial charge >= 0.3 is 0 Å². The number of rotatable bonds is 5. The Morgan fingerprint density at radius 1 is 1.13 bits per heavy atom. The van der Waals surface area contributed by atoms with Crippen LogP contribution in [0.15, 0.2) is 58.5 Å². The Morgan fingerprint density at radius 2 is 1.97 bits per heavy atom. The van der Waals surface area contributed by atoms with Crippen molar-refractivity contribution in [1.29, 1.82) is 0 Å². The number of benzene rings is 2. The van der Waals surface area contributed by atoms with E-state index in [1.165, 1.54) is 6.42 Å². The molecule has 0 saturated carbocycles. The van der Waals surface area contributed by atoms with Crippen molar-refractivity contribution in [2.24, 2.45) is 0 Å². The summed E-state index contributed by atoms with van der Waals surface area (Å²) in [6.07, 6.45) is 3.63. The molecule has 0 spiro atoms. The zero-order valence-electron chi connectivity index (χ0n) is 16.7. The van der Waals surface area contributed by atoms with Crippen LogP contribution in [0.3, 0.4) is 0 Å². The molecule has 1 aliphatic rings. The van der Waals surface area contributed by atoms with Gasteiger partial charge in [-0.25, -0.2) is 4.57 Å². The van der Waals surface area contributed by atoms with E-state index in [9.17, 15) is 4.79 Å². The molecular formula is C22H22N4O3S. The van der Waals surface area contributed by atoms with Crippen molar-refractivity contribution in [3.8, 4) is 11.4 Å². The zero-order chi connectivity index (χ0) is 20.5. The van der Waals surface area contributed by atoms with E-state index < -0.39 is 0 Å². The number of ether oxygens (including phenoxy) is 2. The van der Waals surface area contributed by atoms with Crippen molar-refractivity contribution in [2.45, 2.75) is 30.5 Å². The van der Waals surface area contributed by atoms with Gasteiger partial charge in [-0.3, -0.25) is 9.20 Å². The summed E-state index contributed by atoms with van der Waals surface area (Å²) in [4.78, 5) is 13.3. The Kier molecular flexibility index (Phi) is 5.18. The summed E-state index contributed by atoms with van der Waals surface area (Å²) in [5, 5.41) is 10.2. The van der Waals surface area contributed by atoms with Gasteiger partial charge in [0.2, 0.25) is 5.78 Å². The van der Waals surface area contributed by atoms with E-state index in [2.05, 4.69) is 10.2 Å². The first kappa shape index (κ1) is 19.1. The Hall–Kier alpha value is -2.84. The van der Waals surface area contributed by atoms with Gasteiger partial charge in [0.05, 0.1) is 29.8 Å². The van der Waals surface area contributed by atoms with Crippen LogP contribution < -0.4 is 10.3 Å². The van der Waals surface area contributed by atoms with Gasteiger partial charge in [-0.2, -0.15) is 0 Å². The van der Waals surface area contributed by atoms with E-state index in [4.69, 9.17) is 9.47 Å². The molecule has 0 radical (unpaired) electrons. The van der Waals surface area contributed by atoms with E-state index >= 15 is 0 Å². The molecule has 0 aliphatic carbocycles. The van der Waals surface area contributed by atoms with Crippen LogP contribution in [0.2, 0.25) is 0 Å². The molecule has 4 aromatic rings. The van der Waals surface area contributed by atoms with Crippen LogP contribution in [0.1, 0.15) is 19.3 Å². The smallest absolute Gasteiger partial charge is 0.267 e. The molecular weight excluding hydrogens is 400 g/mol. The molecule has 1 aliphatic heterocycles. The fourth-order valence-electron chi connectivity index (χ4n) is 3.84. The number of hydrogen-bond donors (Lipinski definition) is 0. The maximum atomic E-state index is 13.3. The number of thioether (sulfide) groups is 1. The average Bonchev–Trinajstić information content (AvgIpc) is 3.23. The summed E-state index contributed by atoms with van der Waals surface area (Å²) >= 11 is 1.62. The number of para-hydroxylation sites is 1. The molecule has 154 valence electrons. The normalized spacial score (nSPS) is 16.9. The van der Waals surface area contributed by atoms with Gasteiger partial charge in [-0.05, 0) is 55.7 Å². The first-order chi connectivity index (χ1) is 14.8. The van der Waals surface area contributed by atoms with Crippen molar-refractivity contribution in [2.75, 3.05) is 19.5 Å². The third-order valence-electron chi connectivity index (χ3n) is 5.40. The molecule has 3 heterocycles. The molecule has 30 heavy (non-hydrogen) atoms. The lowest BCUT2D eigenvalue weighted by Crippen LogP contribution is -2.22. The lowest BCUT2D eigenvalue weighted by Gasteiger charge is -2.21. The maximum Gasteiger partial charge on any atom is 0.267 e. The van der Waals surface area contributed by atoms with Gasteiger partial charge < -0.3 is 9.47 Å². The van der Waals surface area contributed by atoms with Crippen molar-refractivity contribution >= 4 is 28.4 Å². The monoisotopic (exact) mass is 422 g/mol. The largest absolute Gasteiger partial charge is 0.497 e. The lowest BCUT2D eigenvalue weighted by molar-refractivity contribution is 0.0315. The number of fused-ring (bicyclic) bond motifs is 3. The van der Waals surface area contributed by atoms with Crippen molar-refractivity contribution < 1.29 is 9.47 Å². The standard InChI is InChI=1S/C22H22N4O3S/c1-28-16-11-9-15(10-12-16)25-20(27)18-7-2-3-8-19(18)26-21(25)23-24-22(26)30-14-17-6-4-5-13-29-17/h2-3,7-12,17H,4-6,13-14H2,1H3. The average molecular weight is 423 g/mol. The molecule has 1 fully saturated rings. The highest BCUT2D eigenvalue weighted by Crippen LogP contribution is 2.26. The van der Waals surface area contributed by atoms with Crippen LogP contribution in [0.25, 0.3) is 22.4 Å². The number of nitrogens with zero attached hydrogens (tertiary/aromatic N) is 4. The van der Waals surface area contributed by atoms with Crippen molar-refractivity contribution in [1.82, 2.24) is 19.2 Å². The van der Waals surface area contributed by atoms with Crippen LogP contribution >= 0.6 is 11.8 Å². The topological polar surface area (TPSA) is 70.7 Å². The first-order valence-electron chi connectivity index (χ1n) is 10.0. The van der Waals surface area contributed by atoms with Gasteiger partial charge in [-0.1, -0.05) is 23.9 Å². The second-order valence-corrected chi connectivity index (χ2v) is 8.26. The van der Waals surface area contributed by atoms with Crippen LogP contribution in [0.4, 0.5) is 0 Å². The maximum absolute atomic E-state index is 13.3. The Balaban J connectivity index is 1.65. The zero-order valence-corrected chi connectivity index (χ0v) is 17.5. The second-order valence-electron chi connectivity index (χ2n) is 7.27. The highest BCUT2D eigenvalue weighted by atomic mass is 32.2. The highest BCUT2D eigenvalue weighted by molar-refractivity contribution is 7.99. The van der Waals surface area contributed by atoms with E-state index in [0.29, 0.717) is 11.2 Å². The third kappa shape index (κ3) is 3.36. The molecule has 0 amide bonds. The minimum Gasteiger partial charge on any atom is -0.497 e. The SMILES string of the molecule is COc1ccc(-n2c(=O)c3ccccc3n3c(SCC4CCCCO4)nnc23)cc1. The summed E-state index contributed by atoms with van der Waals surface area (Å²) in [7, 11) is 1.62. The molecule has 1 atom stereocenters. The summed E-state index contributed by atoms with van der Waals surface area (Å²) in [6.45, 7) is 0.825. The summed E-state index contributed by atoms with van der Waals surface area (Å²) < 4.78 is 14.7. The molecule has 8 heteroatoms. The quantitative estimate of drug-likeness (QED) is 0.457. The van der Waals surface area contributed by atoms with Gasteiger partial charge in [-0.15, -0.1) is 10.2 Å². The Morgan fingerprint density at radius 3 is 2.73 bits per heavy atom. The molecule has 2 aromatic heterocycles. The Labute approximate surface area is 177 Å². The minimum absolute atomic E-state index is 0.122. The molecule has 0 N–H and O–H groups in total. The van der Waals surface area contributed by atoms with Crippen LogP contribution in [0, 0.1) is 0 Å². The summed E-state index contributed by atoms with van der Waals surface area (Å²) in [5.41, 5.74) is 1.40. The van der Waals surface area contributed by atoms with Crippen LogP contribution in [-0.2, 0) is 4.74 Å². The fraction of sp³-hybridized carbons (Fsp3) is 0.318. The molecule has 5 rings (SSSR count). The van der Waals surface area contributed by atoms with Gasteiger partial charge in [0.1, 0.15) is 5.75 Å². The minimum atomic E-state index is -0.122. The molecule has 1 unspecified atom stereocenters. The van der Waals surface area contributed by atoms with E-state index in [0.717, 1.165) is 47.3 Å². The van der Waals surface area contributed by atoms with Gasteiger partial charge in [0, 0.05) is 12.4 Å². The van der Waals surface area contributed by atoms with E-state index in [1.807, 2.05) is 52.9 Å². The first-order valence-corrected chi connectivity index (χ1v) is 11.0. The number of methoxy groups -OCH3 is 1. The van der Waals surface area contributed by atoms with Gasteiger partial charge in [0.25, 0.3) is 5.56 Å². The van der Waals surface area contributed by atoms with E-state index in [1.54, 1.807) is 23.4 Å².